The van der Waals surface area contributed by atoms with E-state index in [1.54, 1.807) is 6.07 Å². The first kappa shape index (κ1) is 27.6. The van der Waals surface area contributed by atoms with Gasteiger partial charge < -0.3 is 19.5 Å². The van der Waals surface area contributed by atoms with Gasteiger partial charge in [-0.15, -0.1) is 0 Å². The number of hydrogen-bond acceptors (Lipinski definition) is 3. The highest BCUT2D eigenvalue weighted by Crippen LogP contribution is 2.35. The molecule has 1 aromatic heterocycles. The summed E-state index contributed by atoms with van der Waals surface area (Å²) in [7, 11) is 0. The van der Waals surface area contributed by atoms with Gasteiger partial charge in [0, 0.05) is 31.1 Å². The molecule has 1 fully saturated rings. The van der Waals surface area contributed by atoms with E-state index in [2.05, 4.69) is 9.88 Å². The monoisotopic (exact) mass is 502 g/mol. The summed E-state index contributed by atoms with van der Waals surface area (Å²) in [6, 6.07) is 7.66. The number of aliphatic hydroxyl groups excluding tert-OH is 1. The second-order valence-corrected chi connectivity index (χ2v) is 11.8. The van der Waals surface area contributed by atoms with Crippen molar-refractivity contribution in [3.05, 3.63) is 41.1 Å². The zero-order valence-electron chi connectivity index (χ0n) is 21.7. The van der Waals surface area contributed by atoms with Crippen LogP contribution in [0.1, 0.15) is 93.8 Å². The number of carbonyl (C=O) groups excluding carboxylic acids is 1. The van der Waals surface area contributed by atoms with Crippen molar-refractivity contribution in [2.24, 2.45) is 5.92 Å². The Bertz CT molecular complexity index is 1030. The van der Waals surface area contributed by atoms with Crippen LogP contribution >= 0.6 is 0 Å². The molecular formula is C28H42N2O4S. The molecule has 1 amide bonds. The second kappa shape index (κ2) is 12.3. The summed E-state index contributed by atoms with van der Waals surface area (Å²) in [6.45, 7) is 9.81. The van der Waals surface area contributed by atoms with Gasteiger partial charge in [0.2, 0.25) is 0 Å². The molecule has 1 unspecified atom stereocenters. The third kappa shape index (κ3) is 7.05. The zero-order chi connectivity index (χ0) is 25.6. The molecule has 1 heterocycles. The van der Waals surface area contributed by atoms with Crippen LogP contribution in [0.15, 0.2) is 29.2 Å². The van der Waals surface area contributed by atoms with E-state index in [0.717, 1.165) is 48.3 Å². The summed E-state index contributed by atoms with van der Waals surface area (Å²) < 4.78 is 24.1. The summed E-state index contributed by atoms with van der Waals surface area (Å²) in [6.07, 6.45) is 8.71. The number of hydrogen-bond donors (Lipinski definition) is 3. The van der Waals surface area contributed by atoms with E-state index in [4.69, 9.17) is 5.11 Å². The maximum absolute atomic E-state index is 13.1. The van der Waals surface area contributed by atoms with Crippen molar-refractivity contribution in [3.63, 3.8) is 0 Å². The first-order valence-corrected chi connectivity index (χ1v) is 14.1. The standard InChI is InChI=1S/C28H42N2O4S/c1-20-23(27(32)29-15-9-6-10-16-31)18-25(30(20)19-21-11-7-5-8-12-21)22-13-14-26(35(33)34)24(17-22)28(2,3)4/h13-14,17-18,21,31H,5-12,15-16,19H2,1-4H3,(H,29,32)(H,33,34). The number of unbranched alkanes of at least 4 members (excludes halogenated alkanes) is 2. The van der Waals surface area contributed by atoms with Gasteiger partial charge in [0.05, 0.1) is 10.5 Å². The molecule has 1 aliphatic rings. The van der Waals surface area contributed by atoms with E-state index < -0.39 is 11.1 Å². The molecule has 1 aliphatic carbocycles. The van der Waals surface area contributed by atoms with Crippen molar-refractivity contribution in [2.45, 2.75) is 95.9 Å². The Labute approximate surface area is 212 Å². The first-order chi connectivity index (χ1) is 16.6. The third-order valence-corrected chi connectivity index (χ3v) is 7.90. The van der Waals surface area contributed by atoms with E-state index in [-0.39, 0.29) is 17.9 Å². The molecule has 3 rings (SSSR count). The Hall–Kier alpha value is -1.96. The molecule has 1 saturated carbocycles. The Morgan fingerprint density at radius 1 is 1.11 bits per heavy atom. The van der Waals surface area contributed by atoms with Crippen LogP contribution in [-0.4, -0.2) is 37.5 Å². The van der Waals surface area contributed by atoms with Gasteiger partial charge in [0.15, 0.2) is 11.1 Å². The summed E-state index contributed by atoms with van der Waals surface area (Å²) >= 11 is -2.06. The number of nitrogens with zero attached hydrogens (tertiary/aromatic N) is 1. The van der Waals surface area contributed by atoms with E-state index in [1.807, 2.05) is 45.9 Å². The van der Waals surface area contributed by atoms with Crippen LogP contribution in [0.25, 0.3) is 11.3 Å². The third-order valence-electron chi connectivity index (χ3n) is 7.17. The normalized spacial score (nSPS) is 15.8. The van der Waals surface area contributed by atoms with Crippen molar-refractivity contribution < 1.29 is 18.7 Å². The fraction of sp³-hybridized carbons (Fsp3) is 0.607. The summed E-state index contributed by atoms with van der Waals surface area (Å²) in [5.74, 6) is 0.522. The summed E-state index contributed by atoms with van der Waals surface area (Å²) in [5.41, 5.74) is 4.14. The lowest BCUT2D eigenvalue weighted by molar-refractivity contribution is 0.0952. The minimum absolute atomic E-state index is 0.0701. The second-order valence-electron chi connectivity index (χ2n) is 10.9. The van der Waals surface area contributed by atoms with Crippen molar-refractivity contribution in [3.8, 4) is 11.3 Å². The highest BCUT2D eigenvalue weighted by Gasteiger charge is 2.25. The zero-order valence-corrected chi connectivity index (χ0v) is 22.5. The van der Waals surface area contributed by atoms with Gasteiger partial charge in [-0.2, -0.15) is 0 Å². The lowest BCUT2D eigenvalue weighted by atomic mass is 9.85. The minimum atomic E-state index is -2.06. The Kier molecular flexibility index (Phi) is 9.73. The summed E-state index contributed by atoms with van der Waals surface area (Å²) in [4.78, 5) is 13.5. The molecule has 2 aromatic rings. The molecule has 0 aliphatic heterocycles. The molecule has 1 atom stereocenters. The molecular weight excluding hydrogens is 460 g/mol. The SMILES string of the molecule is Cc1c(C(=O)NCCCCCO)cc(-c2ccc(S(=O)O)c(C(C)(C)C)c2)n1CC1CCCCC1. The lowest BCUT2D eigenvalue weighted by Crippen LogP contribution is -2.25. The average molecular weight is 503 g/mol. The maximum Gasteiger partial charge on any atom is 0.253 e. The Morgan fingerprint density at radius 3 is 2.46 bits per heavy atom. The van der Waals surface area contributed by atoms with E-state index >= 15 is 0 Å². The molecule has 35 heavy (non-hydrogen) atoms. The number of benzene rings is 1. The molecule has 0 bridgehead atoms. The molecule has 7 heteroatoms. The number of aromatic nitrogens is 1. The van der Waals surface area contributed by atoms with Crippen molar-refractivity contribution in [2.75, 3.05) is 13.2 Å². The predicted octanol–water partition coefficient (Wildman–Crippen LogP) is 5.81. The topological polar surface area (TPSA) is 91.6 Å². The Balaban J connectivity index is 1.99. The lowest BCUT2D eigenvalue weighted by Gasteiger charge is -2.25. The van der Waals surface area contributed by atoms with Crippen LogP contribution in [0, 0.1) is 12.8 Å². The predicted molar refractivity (Wildman–Crippen MR) is 142 cm³/mol. The van der Waals surface area contributed by atoms with E-state index in [9.17, 15) is 13.6 Å². The number of rotatable bonds is 10. The fourth-order valence-electron chi connectivity index (χ4n) is 5.12. The minimum Gasteiger partial charge on any atom is -0.396 e. The van der Waals surface area contributed by atoms with Crippen LogP contribution in [-0.2, 0) is 23.0 Å². The van der Waals surface area contributed by atoms with Crippen molar-refractivity contribution >= 4 is 17.0 Å². The van der Waals surface area contributed by atoms with E-state index in [0.29, 0.717) is 22.9 Å². The van der Waals surface area contributed by atoms with Gasteiger partial charge in [-0.3, -0.25) is 4.79 Å². The smallest absolute Gasteiger partial charge is 0.253 e. The highest BCUT2D eigenvalue weighted by atomic mass is 32.2. The van der Waals surface area contributed by atoms with Gasteiger partial charge >= 0.3 is 0 Å². The van der Waals surface area contributed by atoms with Gasteiger partial charge in [0.1, 0.15) is 0 Å². The number of amides is 1. The van der Waals surface area contributed by atoms with Crippen LogP contribution in [0.2, 0.25) is 0 Å². The molecule has 3 N–H and O–H groups in total. The highest BCUT2D eigenvalue weighted by molar-refractivity contribution is 7.79. The van der Waals surface area contributed by atoms with Crippen molar-refractivity contribution in [1.82, 2.24) is 9.88 Å². The number of aliphatic hydroxyl groups is 1. The average Bonchev–Trinajstić information content (AvgIpc) is 3.14. The van der Waals surface area contributed by atoms with Crippen LogP contribution in [0.3, 0.4) is 0 Å². The van der Waals surface area contributed by atoms with Gasteiger partial charge in [-0.1, -0.05) is 46.1 Å². The van der Waals surface area contributed by atoms with E-state index in [1.165, 1.54) is 32.1 Å². The first-order valence-electron chi connectivity index (χ1n) is 13.0. The van der Waals surface area contributed by atoms with Crippen LogP contribution in [0.5, 0.6) is 0 Å². The fourth-order valence-corrected chi connectivity index (χ4v) is 5.85. The Morgan fingerprint density at radius 2 is 1.83 bits per heavy atom. The molecule has 0 radical (unpaired) electrons. The molecule has 194 valence electrons. The largest absolute Gasteiger partial charge is 0.396 e. The number of nitrogens with one attached hydrogen (secondary N) is 1. The molecule has 6 nitrogen and oxygen atoms in total. The molecule has 0 spiro atoms. The van der Waals surface area contributed by atoms with Gasteiger partial charge in [-0.05, 0) is 79.7 Å². The van der Waals surface area contributed by atoms with Crippen LogP contribution < -0.4 is 5.32 Å². The van der Waals surface area contributed by atoms with Gasteiger partial charge in [-0.25, -0.2) is 4.21 Å². The van der Waals surface area contributed by atoms with Crippen LogP contribution in [0.4, 0.5) is 0 Å². The van der Waals surface area contributed by atoms with Crippen molar-refractivity contribution in [1.29, 1.82) is 0 Å². The molecule has 0 saturated heterocycles. The maximum atomic E-state index is 13.1. The number of carbonyl (C=O) groups is 1. The summed E-state index contributed by atoms with van der Waals surface area (Å²) in [5, 5.41) is 12.0. The quantitative estimate of drug-likeness (QED) is 0.282. The molecule has 1 aromatic carbocycles. The van der Waals surface area contributed by atoms with Gasteiger partial charge in [0.25, 0.3) is 5.91 Å².